The molecule has 0 heterocycles. The van der Waals surface area contributed by atoms with E-state index >= 15 is 0 Å². The third kappa shape index (κ3) is 4.19. The lowest BCUT2D eigenvalue weighted by Crippen LogP contribution is -2.42. The highest BCUT2D eigenvalue weighted by molar-refractivity contribution is 5.90. The fraction of sp³-hybridized carbons (Fsp3) is 0.467. The molecule has 1 aromatic carbocycles. The van der Waals surface area contributed by atoms with Crippen LogP contribution in [0.15, 0.2) is 24.3 Å². The first-order valence-electron chi connectivity index (χ1n) is 6.98. The zero-order valence-corrected chi connectivity index (χ0v) is 12.0. The molecule has 2 amide bonds. The lowest BCUT2D eigenvalue weighted by Gasteiger charge is -2.18. The second-order valence-electron chi connectivity index (χ2n) is 5.21. The number of ether oxygens (including phenoxy) is 1. The van der Waals surface area contributed by atoms with E-state index in [9.17, 15) is 9.59 Å². The standard InChI is InChI=1S/C15H20N2O4/c1-21-9-10-4-2-5-11(8-10)16-15(20)17-13-7-3-6-12(13)14(18)19/h2,4-5,8,12-13H,3,6-7,9H2,1H3,(H,18,19)(H2,16,17,20). The summed E-state index contributed by atoms with van der Waals surface area (Å²) in [6.45, 7) is 0.473. The van der Waals surface area contributed by atoms with Crippen LogP contribution in [0, 0.1) is 5.92 Å². The lowest BCUT2D eigenvalue weighted by molar-refractivity contribution is -0.142. The average Bonchev–Trinajstić information content (AvgIpc) is 2.87. The van der Waals surface area contributed by atoms with Gasteiger partial charge >= 0.3 is 12.0 Å². The first-order valence-corrected chi connectivity index (χ1v) is 6.98. The molecule has 2 rings (SSSR count). The van der Waals surface area contributed by atoms with Gasteiger partial charge in [-0.2, -0.15) is 0 Å². The zero-order valence-electron chi connectivity index (χ0n) is 12.0. The summed E-state index contributed by atoms with van der Waals surface area (Å²) in [4.78, 5) is 23.0. The van der Waals surface area contributed by atoms with Crippen molar-refractivity contribution >= 4 is 17.7 Å². The van der Waals surface area contributed by atoms with Gasteiger partial charge in [0.1, 0.15) is 0 Å². The smallest absolute Gasteiger partial charge is 0.319 e. The predicted octanol–water partition coefficient (Wildman–Crippen LogP) is 2.21. The molecular formula is C15H20N2O4. The van der Waals surface area contributed by atoms with Gasteiger partial charge in [0.05, 0.1) is 12.5 Å². The van der Waals surface area contributed by atoms with Crippen molar-refractivity contribution in [3.05, 3.63) is 29.8 Å². The average molecular weight is 292 g/mol. The number of hydrogen-bond donors (Lipinski definition) is 3. The molecule has 1 saturated carbocycles. The normalized spacial score (nSPS) is 21.0. The van der Waals surface area contributed by atoms with Crippen molar-refractivity contribution in [2.45, 2.75) is 31.9 Å². The molecule has 0 aromatic heterocycles. The SMILES string of the molecule is COCc1cccc(NC(=O)NC2CCCC2C(=O)O)c1. The monoisotopic (exact) mass is 292 g/mol. The Morgan fingerprint density at radius 2 is 2.19 bits per heavy atom. The maximum atomic E-state index is 12.0. The van der Waals surface area contributed by atoms with Crippen molar-refractivity contribution in [3.8, 4) is 0 Å². The van der Waals surface area contributed by atoms with E-state index < -0.39 is 11.9 Å². The summed E-state index contributed by atoms with van der Waals surface area (Å²) in [5.74, 6) is -1.34. The predicted molar refractivity (Wildman–Crippen MR) is 78.1 cm³/mol. The third-order valence-electron chi connectivity index (χ3n) is 3.65. The van der Waals surface area contributed by atoms with Crippen molar-refractivity contribution in [2.75, 3.05) is 12.4 Å². The molecule has 2 atom stereocenters. The fourth-order valence-corrected chi connectivity index (χ4v) is 2.67. The van der Waals surface area contributed by atoms with Gasteiger partial charge < -0.3 is 20.5 Å². The van der Waals surface area contributed by atoms with E-state index in [1.54, 1.807) is 13.2 Å². The second kappa shape index (κ2) is 7.08. The zero-order chi connectivity index (χ0) is 15.2. The Kier molecular flexibility index (Phi) is 5.16. The van der Waals surface area contributed by atoms with Crippen LogP contribution in [-0.4, -0.2) is 30.3 Å². The van der Waals surface area contributed by atoms with Crippen LogP contribution in [0.25, 0.3) is 0 Å². The Balaban J connectivity index is 1.92. The van der Waals surface area contributed by atoms with Gasteiger partial charge in [0.25, 0.3) is 0 Å². The van der Waals surface area contributed by atoms with E-state index in [0.717, 1.165) is 12.0 Å². The highest BCUT2D eigenvalue weighted by Crippen LogP contribution is 2.25. The van der Waals surface area contributed by atoms with Gasteiger partial charge in [-0.25, -0.2) is 4.79 Å². The van der Waals surface area contributed by atoms with Gasteiger partial charge in [0.15, 0.2) is 0 Å². The summed E-state index contributed by atoms with van der Waals surface area (Å²) in [6.07, 6.45) is 2.14. The van der Waals surface area contributed by atoms with E-state index in [4.69, 9.17) is 9.84 Å². The Morgan fingerprint density at radius 3 is 2.90 bits per heavy atom. The van der Waals surface area contributed by atoms with Crippen molar-refractivity contribution in [2.24, 2.45) is 5.92 Å². The van der Waals surface area contributed by atoms with Gasteiger partial charge in [-0.05, 0) is 30.5 Å². The van der Waals surface area contributed by atoms with Crippen molar-refractivity contribution in [1.29, 1.82) is 0 Å². The molecule has 2 unspecified atom stereocenters. The lowest BCUT2D eigenvalue weighted by atomic mass is 10.0. The number of hydrogen-bond acceptors (Lipinski definition) is 3. The van der Waals surface area contributed by atoms with Crippen molar-refractivity contribution in [1.82, 2.24) is 5.32 Å². The largest absolute Gasteiger partial charge is 0.481 e. The Hall–Kier alpha value is -2.08. The van der Waals surface area contributed by atoms with Gasteiger partial charge in [-0.3, -0.25) is 4.79 Å². The molecule has 1 aromatic rings. The highest BCUT2D eigenvalue weighted by Gasteiger charge is 2.33. The summed E-state index contributed by atoms with van der Waals surface area (Å²) in [7, 11) is 1.61. The van der Waals surface area contributed by atoms with Crippen LogP contribution in [0.2, 0.25) is 0 Å². The third-order valence-corrected chi connectivity index (χ3v) is 3.65. The molecule has 114 valence electrons. The van der Waals surface area contributed by atoms with Crippen LogP contribution in [-0.2, 0) is 16.1 Å². The van der Waals surface area contributed by atoms with Crippen LogP contribution in [0.3, 0.4) is 0 Å². The molecule has 0 bridgehead atoms. The fourth-order valence-electron chi connectivity index (χ4n) is 2.67. The van der Waals surface area contributed by atoms with Crippen LogP contribution >= 0.6 is 0 Å². The number of amides is 2. The summed E-state index contributed by atoms with van der Waals surface area (Å²) < 4.78 is 5.04. The number of carbonyl (C=O) groups is 2. The Bertz CT molecular complexity index is 518. The van der Waals surface area contributed by atoms with Crippen molar-refractivity contribution in [3.63, 3.8) is 0 Å². The van der Waals surface area contributed by atoms with E-state index in [2.05, 4.69) is 10.6 Å². The first-order chi connectivity index (χ1) is 10.1. The minimum Gasteiger partial charge on any atom is -0.481 e. The summed E-state index contributed by atoms with van der Waals surface area (Å²) in [5.41, 5.74) is 1.62. The number of urea groups is 1. The number of methoxy groups -OCH3 is 1. The van der Waals surface area contributed by atoms with E-state index in [-0.39, 0.29) is 12.1 Å². The van der Waals surface area contributed by atoms with Crippen molar-refractivity contribution < 1.29 is 19.4 Å². The topological polar surface area (TPSA) is 87.7 Å². The van der Waals surface area contributed by atoms with E-state index in [0.29, 0.717) is 25.1 Å². The molecular weight excluding hydrogens is 272 g/mol. The molecule has 21 heavy (non-hydrogen) atoms. The number of aliphatic carboxylic acids is 1. The molecule has 6 heteroatoms. The number of anilines is 1. The Morgan fingerprint density at radius 1 is 1.38 bits per heavy atom. The van der Waals surface area contributed by atoms with Crippen LogP contribution in [0.4, 0.5) is 10.5 Å². The van der Waals surface area contributed by atoms with Crippen LogP contribution in [0.1, 0.15) is 24.8 Å². The molecule has 3 N–H and O–H groups in total. The molecule has 0 saturated heterocycles. The number of nitrogens with one attached hydrogen (secondary N) is 2. The Labute approximate surface area is 123 Å². The summed E-state index contributed by atoms with van der Waals surface area (Å²) in [5, 5.41) is 14.6. The number of benzene rings is 1. The quantitative estimate of drug-likeness (QED) is 0.776. The maximum absolute atomic E-state index is 12.0. The van der Waals surface area contributed by atoms with E-state index in [1.807, 2.05) is 18.2 Å². The molecule has 1 aliphatic rings. The van der Waals surface area contributed by atoms with Gasteiger partial charge in [-0.15, -0.1) is 0 Å². The summed E-state index contributed by atoms with van der Waals surface area (Å²) in [6, 6.07) is 6.67. The minimum absolute atomic E-state index is 0.301. The number of carboxylic acids is 1. The van der Waals surface area contributed by atoms with E-state index in [1.165, 1.54) is 0 Å². The number of carbonyl (C=O) groups excluding carboxylic acids is 1. The second-order valence-corrected chi connectivity index (χ2v) is 5.21. The van der Waals surface area contributed by atoms with Crippen LogP contribution in [0.5, 0.6) is 0 Å². The highest BCUT2D eigenvalue weighted by atomic mass is 16.5. The number of rotatable bonds is 5. The molecule has 0 spiro atoms. The summed E-state index contributed by atoms with van der Waals surface area (Å²) >= 11 is 0. The van der Waals surface area contributed by atoms with Crippen LogP contribution < -0.4 is 10.6 Å². The molecule has 1 aliphatic carbocycles. The molecule has 1 fully saturated rings. The molecule has 0 radical (unpaired) electrons. The van der Waals surface area contributed by atoms with Gasteiger partial charge in [0, 0.05) is 18.8 Å². The number of carboxylic acid groups (broad SMARTS) is 1. The minimum atomic E-state index is -0.847. The van der Waals surface area contributed by atoms with Gasteiger partial charge in [-0.1, -0.05) is 18.6 Å². The molecule has 6 nitrogen and oxygen atoms in total. The maximum Gasteiger partial charge on any atom is 0.319 e. The van der Waals surface area contributed by atoms with Gasteiger partial charge in [0.2, 0.25) is 0 Å². The first kappa shape index (κ1) is 15.3. The molecule has 0 aliphatic heterocycles.